The lowest BCUT2D eigenvalue weighted by Crippen LogP contribution is -1.98. The van der Waals surface area contributed by atoms with E-state index in [0.29, 0.717) is 6.29 Å². The monoisotopic (exact) mass is 195 g/mol. The van der Waals surface area contributed by atoms with Gasteiger partial charge in [-0.15, -0.1) is 0 Å². The highest BCUT2D eigenvalue weighted by Crippen LogP contribution is 2.38. The maximum Gasteiger partial charge on any atom is 0.197 e. The standard InChI is InChI=1S/C10H13NO3/c12-6-5-11-9(13)7-3-1-2-4-8(7)10(11)14/h6,13-14H,1-5H2. The van der Waals surface area contributed by atoms with E-state index in [1.54, 1.807) is 0 Å². The van der Waals surface area contributed by atoms with Crippen molar-refractivity contribution < 1.29 is 15.0 Å². The fraction of sp³-hybridized carbons (Fsp3) is 0.500. The van der Waals surface area contributed by atoms with Crippen LogP contribution in [0.5, 0.6) is 11.8 Å². The van der Waals surface area contributed by atoms with Crippen LogP contribution in [-0.2, 0) is 24.2 Å². The molecule has 0 aromatic carbocycles. The first-order chi connectivity index (χ1) is 6.75. The Balaban J connectivity index is 2.51. The quantitative estimate of drug-likeness (QED) is 0.691. The lowest BCUT2D eigenvalue weighted by Gasteiger charge is -2.09. The number of hydrogen-bond acceptors (Lipinski definition) is 3. The van der Waals surface area contributed by atoms with Crippen LogP contribution in [0.25, 0.3) is 0 Å². The molecule has 0 saturated carbocycles. The van der Waals surface area contributed by atoms with Crippen LogP contribution in [0.2, 0.25) is 0 Å². The summed E-state index contributed by atoms with van der Waals surface area (Å²) in [4.78, 5) is 10.3. The molecular weight excluding hydrogens is 182 g/mol. The van der Waals surface area contributed by atoms with Crippen LogP contribution in [0.4, 0.5) is 0 Å². The van der Waals surface area contributed by atoms with E-state index in [4.69, 9.17) is 0 Å². The van der Waals surface area contributed by atoms with E-state index in [2.05, 4.69) is 0 Å². The number of nitrogens with zero attached hydrogens (tertiary/aromatic N) is 1. The van der Waals surface area contributed by atoms with Crippen LogP contribution >= 0.6 is 0 Å². The highest BCUT2D eigenvalue weighted by molar-refractivity contribution is 5.54. The van der Waals surface area contributed by atoms with E-state index in [-0.39, 0.29) is 18.3 Å². The smallest absolute Gasteiger partial charge is 0.197 e. The van der Waals surface area contributed by atoms with Gasteiger partial charge in [-0.1, -0.05) is 0 Å². The summed E-state index contributed by atoms with van der Waals surface area (Å²) in [5.41, 5.74) is 1.63. The topological polar surface area (TPSA) is 62.5 Å². The van der Waals surface area contributed by atoms with Crippen molar-refractivity contribution in [2.45, 2.75) is 32.2 Å². The van der Waals surface area contributed by atoms with Gasteiger partial charge < -0.3 is 15.0 Å². The first-order valence-corrected chi connectivity index (χ1v) is 4.81. The van der Waals surface area contributed by atoms with Crippen LogP contribution in [0.1, 0.15) is 24.0 Å². The lowest BCUT2D eigenvalue weighted by molar-refractivity contribution is -0.108. The highest BCUT2D eigenvalue weighted by atomic mass is 16.3. The SMILES string of the molecule is O=CCn1c(O)c2c(c1O)CCCC2. The zero-order valence-electron chi connectivity index (χ0n) is 7.86. The predicted octanol–water partition coefficient (Wildman–Crippen LogP) is 0.977. The number of carbonyl (C=O) groups excluding carboxylic acids is 1. The average Bonchev–Trinajstić information content (AvgIpc) is 2.45. The molecule has 2 N–H and O–H groups in total. The number of aromatic nitrogens is 1. The molecule has 4 nitrogen and oxygen atoms in total. The molecule has 0 amide bonds. The lowest BCUT2D eigenvalue weighted by atomic mass is 9.95. The van der Waals surface area contributed by atoms with E-state index in [1.165, 1.54) is 4.57 Å². The third kappa shape index (κ3) is 1.18. The number of carbonyl (C=O) groups is 1. The molecule has 1 aromatic rings. The van der Waals surface area contributed by atoms with Gasteiger partial charge in [-0.05, 0) is 25.7 Å². The Labute approximate surface area is 81.8 Å². The number of hydrogen-bond donors (Lipinski definition) is 2. The van der Waals surface area contributed by atoms with Crippen molar-refractivity contribution in [1.29, 1.82) is 0 Å². The number of fused-ring (bicyclic) bond motifs is 1. The molecule has 14 heavy (non-hydrogen) atoms. The summed E-state index contributed by atoms with van der Waals surface area (Å²) < 4.78 is 1.27. The Kier molecular flexibility index (Phi) is 2.19. The van der Waals surface area contributed by atoms with Crippen LogP contribution in [0.3, 0.4) is 0 Å². The zero-order valence-corrected chi connectivity index (χ0v) is 7.86. The van der Waals surface area contributed by atoms with E-state index < -0.39 is 0 Å². The van der Waals surface area contributed by atoms with Crippen molar-refractivity contribution in [3.8, 4) is 11.8 Å². The average molecular weight is 195 g/mol. The van der Waals surface area contributed by atoms with Crippen LogP contribution < -0.4 is 0 Å². The molecule has 76 valence electrons. The predicted molar refractivity (Wildman–Crippen MR) is 50.5 cm³/mol. The molecule has 2 rings (SSSR count). The second-order valence-corrected chi connectivity index (χ2v) is 3.59. The minimum absolute atomic E-state index is 0.0185. The zero-order chi connectivity index (χ0) is 10.1. The summed E-state index contributed by atoms with van der Waals surface area (Å²) in [7, 11) is 0. The first-order valence-electron chi connectivity index (χ1n) is 4.81. The van der Waals surface area contributed by atoms with Gasteiger partial charge in [0.2, 0.25) is 0 Å². The molecule has 0 fully saturated rings. The summed E-state index contributed by atoms with van der Waals surface area (Å²) in [6.45, 7) is 0.0185. The fourth-order valence-electron chi connectivity index (χ4n) is 2.07. The van der Waals surface area contributed by atoms with Crippen molar-refractivity contribution in [3.05, 3.63) is 11.1 Å². The van der Waals surface area contributed by atoms with E-state index in [9.17, 15) is 15.0 Å². The van der Waals surface area contributed by atoms with Gasteiger partial charge >= 0.3 is 0 Å². The number of aldehydes is 1. The molecule has 1 heterocycles. The van der Waals surface area contributed by atoms with Crippen molar-refractivity contribution in [2.24, 2.45) is 0 Å². The largest absolute Gasteiger partial charge is 0.494 e. The minimum Gasteiger partial charge on any atom is -0.494 e. The van der Waals surface area contributed by atoms with Gasteiger partial charge in [0.1, 0.15) is 6.29 Å². The molecule has 1 aliphatic carbocycles. The first kappa shape index (κ1) is 9.12. The molecule has 0 spiro atoms. The van der Waals surface area contributed by atoms with Crippen LogP contribution in [0, 0.1) is 0 Å². The Hall–Kier alpha value is -1.45. The second kappa shape index (κ2) is 3.36. The number of aromatic hydroxyl groups is 2. The van der Waals surface area contributed by atoms with Gasteiger partial charge in [0.15, 0.2) is 11.8 Å². The molecule has 0 radical (unpaired) electrons. The summed E-state index contributed by atoms with van der Waals surface area (Å²) in [6, 6.07) is 0. The van der Waals surface area contributed by atoms with Crippen molar-refractivity contribution >= 4 is 6.29 Å². The molecule has 1 aliphatic rings. The summed E-state index contributed by atoms with van der Waals surface area (Å²) in [5, 5.41) is 19.5. The highest BCUT2D eigenvalue weighted by Gasteiger charge is 2.23. The van der Waals surface area contributed by atoms with Gasteiger partial charge in [0, 0.05) is 11.1 Å². The van der Waals surface area contributed by atoms with Gasteiger partial charge in [-0.25, -0.2) is 0 Å². The Morgan fingerprint density at radius 2 is 1.64 bits per heavy atom. The van der Waals surface area contributed by atoms with E-state index in [0.717, 1.165) is 36.8 Å². The number of rotatable bonds is 2. The summed E-state index contributed by atoms with van der Waals surface area (Å²) in [5.74, 6) is 0.119. The third-order valence-corrected chi connectivity index (χ3v) is 2.78. The van der Waals surface area contributed by atoms with Gasteiger partial charge in [-0.2, -0.15) is 0 Å². The van der Waals surface area contributed by atoms with Crippen molar-refractivity contribution in [2.75, 3.05) is 0 Å². The normalized spacial score (nSPS) is 15.1. The van der Waals surface area contributed by atoms with Crippen molar-refractivity contribution in [3.63, 3.8) is 0 Å². The molecule has 0 aliphatic heterocycles. The maximum absolute atomic E-state index is 10.3. The maximum atomic E-state index is 10.3. The van der Waals surface area contributed by atoms with Crippen LogP contribution in [-0.4, -0.2) is 21.1 Å². The third-order valence-electron chi connectivity index (χ3n) is 2.78. The summed E-state index contributed by atoms with van der Waals surface area (Å²) in [6.07, 6.45) is 4.32. The van der Waals surface area contributed by atoms with E-state index in [1.807, 2.05) is 0 Å². The molecule has 0 unspecified atom stereocenters. The van der Waals surface area contributed by atoms with Crippen LogP contribution in [0.15, 0.2) is 0 Å². The molecule has 4 heteroatoms. The molecule has 0 bridgehead atoms. The minimum atomic E-state index is 0.0185. The molecular formula is C10H13NO3. The molecule has 0 saturated heterocycles. The second-order valence-electron chi connectivity index (χ2n) is 3.59. The molecule has 1 aromatic heterocycles. The van der Waals surface area contributed by atoms with Gasteiger partial charge in [0.05, 0.1) is 6.54 Å². The molecule has 0 atom stereocenters. The van der Waals surface area contributed by atoms with Crippen molar-refractivity contribution in [1.82, 2.24) is 4.57 Å². The fourth-order valence-corrected chi connectivity index (χ4v) is 2.07. The Morgan fingerprint density at radius 3 is 2.07 bits per heavy atom. The Bertz CT molecular complexity index is 338. The van der Waals surface area contributed by atoms with Gasteiger partial charge in [0.25, 0.3) is 0 Å². The van der Waals surface area contributed by atoms with Gasteiger partial charge in [-0.3, -0.25) is 4.57 Å². The Morgan fingerprint density at radius 1 is 1.14 bits per heavy atom. The van der Waals surface area contributed by atoms with E-state index >= 15 is 0 Å². The summed E-state index contributed by atoms with van der Waals surface area (Å²) >= 11 is 0.